The van der Waals surface area contributed by atoms with Gasteiger partial charge in [-0.15, -0.1) is 0 Å². The minimum Gasteiger partial charge on any atom is -0.491 e. The average Bonchev–Trinajstić information content (AvgIpc) is 3.69. The molecule has 3 aliphatic rings. The van der Waals surface area contributed by atoms with Crippen molar-refractivity contribution in [2.24, 2.45) is 5.92 Å². The number of carbonyl (C=O) groups is 3. The summed E-state index contributed by atoms with van der Waals surface area (Å²) in [4.78, 5) is 47.5. The van der Waals surface area contributed by atoms with Gasteiger partial charge in [0.25, 0.3) is 0 Å². The van der Waals surface area contributed by atoms with E-state index in [1.807, 2.05) is 90.8 Å². The number of esters is 1. The predicted octanol–water partition coefficient (Wildman–Crippen LogP) is 5.90. The first-order chi connectivity index (χ1) is 27.3. The van der Waals surface area contributed by atoms with Crippen molar-refractivity contribution < 1.29 is 34.1 Å². The average molecular weight is 748 g/mol. The molecule has 0 aliphatic carbocycles. The molecule has 56 heavy (non-hydrogen) atoms. The number of fused-ring (bicyclic) bond motifs is 3. The Balaban J connectivity index is 1.33. The number of cyclic esters (lactones) is 1. The Bertz CT molecular complexity index is 2310. The first kappa shape index (κ1) is 36.7. The van der Waals surface area contributed by atoms with Crippen LogP contribution in [0.25, 0.3) is 0 Å². The number of aliphatic hydroxyl groups is 1. The van der Waals surface area contributed by atoms with Crippen LogP contribution in [-0.2, 0) is 31.1 Å². The van der Waals surface area contributed by atoms with Crippen LogP contribution in [0.5, 0.6) is 5.75 Å². The Hall–Kier alpha value is -6.25. The van der Waals surface area contributed by atoms with Crippen molar-refractivity contribution in [1.82, 2.24) is 9.80 Å². The fourth-order valence-corrected chi connectivity index (χ4v) is 8.84. The molecule has 1 amide bonds. The quantitative estimate of drug-likeness (QED) is 0.118. The zero-order chi connectivity index (χ0) is 38.8. The van der Waals surface area contributed by atoms with Gasteiger partial charge in [0.1, 0.15) is 35.8 Å². The topological polar surface area (TPSA) is 129 Å². The monoisotopic (exact) mass is 747 g/mol. The Labute approximate surface area is 325 Å². The number of ether oxygens (including phenoxy) is 2. The number of benzene rings is 5. The van der Waals surface area contributed by atoms with Crippen molar-refractivity contribution in [2.45, 2.75) is 36.2 Å². The molecule has 10 nitrogen and oxygen atoms in total. The molecule has 3 heterocycles. The fourth-order valence-electron chi connectivity index (χ4n) is 8.84. The summed E-state index contributed by atoms with van der Waals surface area (Å²) in [5.74, 6) is 2.65. The maximum absolute atomic E-state index is 15.0. The molecule has 3 N–H and O–H groups in total. The van der Waals surface area contributed by atoms with Crippen molar-refractivity contribution in [3.05, 3.63) is 167 Å². The largest absolute Gasteiger partial charge is 0.491 e. The van der Waals surface area contributed by atoms with Gasteiger partial charge in [-0.3, -0.25) is 24.2 Å². The van der Waals surface area contributed by atoms with Gasteiger partial charge in [-0.1, -0.05) is 121 Å². The van der Waals surface area contributed by atoms with Gasteiger partial charge in [-0.2, -0.15) is 0 Å². The van der Waals surface area contributed by atoms with E-state index in [4.69, 9.17) is 9.47 Å². The van der Waals surface area contributed by atoms with E-state index in [9.17, 15) is 19.8 Å². The second-order valence-electron chi connectivity index (χ2n) is 14.4. The van der Waals surface area contributed by atoms with Gasteiger partial charge >= 0.3 is 11.9 Å². The van der Waals surface area contributed by atoms with E-state index >= 15 is 4.79 Å². The summed E-state index contributed by atoms with van der Waals surface area (Å²) in [6.07, 6.45) is -0.853. The first-order valence-corrected chi connectivity index (χ1v) is 18.6. The van der Waals surface area contributed by atoms with Crippen LogP contribution < -0.4 is 10.1 Å². The molecular formula is C46H41N3O7. The molecule has 2 saturated heterocycles. The minimum atomic E-state index is -1.86. The molecule has 282 valence electrons. The third-order valence-corrected chi connectivity index (χ3v) is 11.0. The summed E-state index contributed by atoms with van der Waals surface area (Å²) in [5, 5.41) is 24.1. The number of hydrogen-bond acceptors (Lipinski definition) is 8. The number of aliphatic hydroxyl groups excluding tert-OH is 1. The maximum atomic E-state index is 15.0. The number of carbonyl (C=O) groups excluding carboxylic acids is 2. The number of nitrogens with zero attached hydrogens (tertiary/aromatic N) is 2. The second kappa shape index (κ2) is 15.5. The number of anilines is 1. The van der Waals surface area contributed by atoms with Gasteiger partial charge < -0.3 is 25.0 Å². The Morgan fingerprint density at radius 3 is 2.23 bits per heavy atom. The van der Waals surface area contributed by atoms with Crippen LogP contribution in [0.1, 0.15) is 51.6 Å². The molecule has 5 aromatic carbocycles. The van der Waals surface area contributed by atoms with Crippen molar-refractivity contribution in [3.8, 4) is 17.6 Å². The molecule has 3 aliphatic heterocycles. The number of rotatable bonds is 10. The Morgan fingerprint density at radius 2 is 1.54 bits per heavy atom. The van der Waals surface area contributed by atoms with Crippen LogP contribution in [-0.4, -0.2) is 70.7 Å². The summed E-state index contributed by atoms with van der Waals surface area (Å²) < 4.78 is 12.4. The number of carboxylic acids is 1. The number of amides is 1. The van der Waals surface area contributed by atoms with Crippen LogP contribution in [0.2, 0.25) is 0 Å². The summed E-state index contributed by atoms with van der Waals surface area (Å²) in [6.45, 7) is 0.863. The molecule has 0 radical (unpaired) electrons. The van der Waals surface area contributed by atoms with Gasteiger partial charge in [0.2, 0.25) is 5.91 Å². The van der Waals surface area contributed by atoms with Gasteiger partial charge in [-0.25, -0.2) is 0 Å². The Morgan fingerprint density at radius 1 is 0.875 bits per heavy atom. The molecule has 0 aromatic heterocycles. The zero-order valence-electron chi connectivity index (χ0n) is 30.7. The fraction of sp³-hybridized carbons (Fsp3) is 0.239. The summed E-state index contributed by atoms with van der Waals surface area (Å²) >= 11 is 0. The van der Waals surface area contributed by atoms with Crippen molar-refractivity contribution in [1.29, 1.82) is 0 Å². The van der Waals surface area contributed by atoms with Crippen LogP contribution in [0, 0.1) is 17.8 Å². The Kier molecular flexibility index (Phi) is 10.1. The summed E-state index contributed by atoms with van der Waals surface area (Å²) in [6, 6.07) is 38.2. The lowest BCUT2D eigenvalue weighted by atomic mass is 9.65. The predicted molar refractivity (Wildman–Crippen MR) is 209 cm³/mol. The number of nitrogens with one attached hydrogen (secondary N) is 1. The number of hydrogen-bond donors (Lipinski definition) is 3. The van der Waals surface area contributed by atoms with Crippen molar-refractivity contribution in [3.63, 3.8) is 0 Å². The smallest absolute Gasteiger partial charge is 0.325 e. The van der Waals surface area contributed by atoms with Gasteiger partial charge in [-0.05, 0) is 53.6 Å². The molecule has 0 bridgehead atoms. The van der Waals surface area contributed by atoms with E-state index in [0.29, 0.717) is 41.2 Å². The maximum Gasteiger partial charge on any atom is 0.325 e. The molecule has 0 saturated carbocycles. The van der Waals surface area contributed by atoms with Crippen molar-refractivity contribution >= 4 is 23.5 Å². The lowest BCUT2D eigenvalue weighted by molar-refractivity contribution is -0.179. The normalized spacial score (nSPS) is 23.8. The molecule has 6 atom stereocenters. The first-order valence-electron chi connectivity index (χ1n) is 18.6. The van der Waals surface area contributed by atoms with Gasteiger partial charge in [0, 0.05) is 23.4 Å². The molecule has 5 aromatic rings. The van der Waals surface area contributed by atoms with Crippen LogP contribution >= 0.6 is 0 Å². The highest BCUT2D eigenvalue weighted by atomic mass is 16.6. The number of para-hydroxylation sites is 1. The molecule has 10 heteroatoms. The van der Waals surface area contributed by atoms with E-state index < -0.39 is 53.4 Å². The van der Waals surface area contributed by atoms with E-state index in [-0.39, 0.29) is 13.2 Å². The molecule has 1 spiro atoms. The molecule has 8 rings (SSSR count). The van der Waals surface area contributed by atoms with E-state index in [2.05, 4.69) is 34.2 Å². The van der Waals surface area contributed by atoms with Gasteiger partial charge in [0.05, 0.1) is 25.2 Å². The number of morpholine rings is 1. The lowest BCUT2D eigenvalue weighted by Gasteiger charge is -2.46. The highest BCUT2D eigenvalue weighted by molar-refractivity contribution is 6.11. The SMILES string of the molecule is CN(CC#Cc1ccc2c(c1)[C@]1(C(=O)N2)[C@H](C(=O)O)[C@H]2C(=O)O[C@H](c3ccccc3)[C@H](c3ccccc3)N2[C@@H]1c1ccccc1OCCO)Cc1ccccc1. The number of aliphatic carboxylic acids is 1. The summed E-state index contributed by atoms with van der Waals surface area (Å²) in [7, 11) is 1.99. The molecule has 0 unspecified atom stereocenters. The molecular weight excluding hydrogens is 707 g/mol. The summed E-state index contributed by atoms with van der Waals surface area (Å²) in [5.41, 5.74) is 2.75. The van der Waals surface area contributed by atoms with Crippen LogP contribution in [0.4, 0.5) is 5.69 Å². The van der Waals surface area contributed by atoms with E-state index in [0.717, 1.165) is 16.7 Å². The van der Waals surface area contributed by atoms with Crippen LogP contribution in [0.3, 0.4) is 0 Å². The second-order valence-corrected chi connectivity index (χ2v) is 14.4. The molecule has 2 fully saturated rings. The van der Waals surface area contributed by atoms with E-state index in [1.54, 1.807) is 42.5 Å². The standard InChI is InChI=1S/C46H41N3O7/c1-48(29-31-14-5-2-6-15-31)25-13-16-30-23-24-36-35(28-30)46(45(54)47-36)38(43(51)52)40-44(53)56-41(33-19-9-4-10-20-33)39(32-17-7-3-8-18-32)49(40)42(46)34-21-11-12-22-37(34)55-27-26-50/h2-12,14-15,17-24,28,38-42,50H,25-27,29H2,1H3,(H,47,54)(H,51,52)/t38-,39-,40-,41+,42+,46-/m0/s1. The van der Waals surface area contributed by atoms with Crippen LogP contribution in [0.15, 0.2) is 133 Å². The van der Waals surface area contributed by atoms with E-state index in [1.165, 1.54) is 0 Å². The highest BCUT2D eigenvalue weighted by Crippen LogP contribution is 2.65. The number of carboxylic acid groups (broad SMARTS) is 1. The van der Waals surface area contributed by atoms with Crippen molar-refractivity contribution in [2.75, 3.05) is 32.1 Å². The zero-order valence-corrected chi connectivity index (χ0v) is 30.7. The van der Waals surface area contributed by atoms with Gasteiger partial charge in [0.15, 0.2) is 0 Å². The highest BCUT2D eigenvalue weighted by Gasteiger charge is 2.74. The third kappa shape index (κ3) is 6.39. The minimum absolute atomic E-state index is 0.0411. The lowest BCUT2D eigenvalue weighted by Crippen LogP contribution is -2.52. The third-order valence-electron chi connectivity index (χ3n) is 11.0.